The van der Waals surface area contributed by atoms with E-state index >= 15 is 0 Å². The maximum absolute atomic E-state index is 12.3. The van der Waals surface area contributed by atoms with Gasteiger partial charge < -0.3 is 5.32 Å². The molecule has 1 amide bonds. The van der Waals surface area contributed by atoms with E-state index in [1.54, 1.807) is 19.1 Å². The second-order valence-electron chi connectivity index (χ2n) is 6.13. The van der Waals surface area contributed by atoms with Gasteiger partial charge in [-0.15, -0.1) is 0 Å². The number of nitrogens with one attached hydrogen (secondary N) is 1. The fourth-order valence-corrected chi connectivity index (χ4v) is 3.51. The minimum absolute atomic E-state index is 0.152. The first-order valence-corrected chi connectivity index (χ1v) is 9.79. The molecule has 0 saturated heterocycles. The van der Waals surface area contributed by atoms with Crippen LogP contribution in [0.4, 0.5) is 0 Å². The normalized spacial score (nSPS) is 11.8. The zero-order chi connectivity index (χ0) is 19.2. The number of rotatable bonds is 7. The molecular weight excluding hydrogens is 348 g/mol. The largest absolute Gasteiger partial charge is 0.352 e. The number of hydrogen-bond acceptors (Lipinski definition) is 3. The summed E-state index contributed by atoms with van der Waals surface area (Å²) in [4.78, 5) is 12.4. The second-order valence-corrected chi connectivity index (χ2v) is 8.25. The summed E-state index contributed by atoms with van der Waals surface area (Å²) in [5.41, 5.74) is 2.06. The summed E-state index contributed by atoms with van der Waals surface area (Å²) in [6, 6.07) is 14.6. The Morgan fingerprint density at radius 2 is 1.81 bits per heavy atom. The molecule has 6 heteroatoms. The number of nitrogens with zero attached hydrogens (tertiary/aromatic N) is 1. The summed E-state index contributed by atoms with van der Waals surface area (Å²) in [5.74, 6) is -0.284. The van der Waals surface area contributed by atoms with Crippen LogP contribution in [0.1, 0.15) is 27.9 Å². The molecule has 1 N–H and O–H groups in total. The summed E-state index contributed by atoms with van der Waals surface area (Å²) < 4.78 is 25.8. The Kier molecular flexibility index (Phi) is 6.71. The van der Waals surface area contributed by atoms with Crippen molar-refractivity contribution >= 4 is 22.0 Å². The lowest BCUT2D eigenvalue weighted by Gasteiger charge is -2.14. The molecule has 0 fully saturated rings. The SMILES string of the molecule is Cc1ccc(C(=O)NCC/C=C/c2ccccc2)cc1S(=O)(=O)N(C)C. The van der Waals surface area contributed by atoms with Gasteiger partial charge in [-0.1, -0.05) is 48.6 Å². The van der Waals surface area contributed by atoms with Crippen LogP contribution in [0.5, 0.6) is 0 Å². The first-order chi connectivity index (χ1) is 12.3. The van der Waals surface area contributed by atoms with Gasteiger partial charge in [0.15, 0.2) is 0 Å². The highest BCUT2D eigenvalue weighted by atomic mass is 32.2. The number of aryl methyl sites for hydroxylation is 1. The average Bonchev–Trinajstić information content (AvgIpc) is 2.62. The number of carbonyl (C=O) groups is 1. The van der Waals surface area contributed by atoms with E-state index < -0.39 is 10.0 Å². The van der Waals surface area contributed by atoms with Crippen LogP contribution in [-0.2, 0) is 10.0 Å². The van der Waals surface area contributed by atoms with Gasteiger partial charge in [0.25, 0.3) is 5.91 Å². The van der Waals surface area contributed by atoms with E-state index in [2.05, 4.69) is 5.32 Å². The molecule has 138 valence electrons. The van der Waals surface area contributed by atoms with Gasteiger partial charge in [0.05, 0.1) is 4.90 Å². The third-order valence-electron chi connectivity index (χ3n) is 3.92. The minimum Gasteiger partial charge on any atom is -0.352 e. The molecule has 0 unspecified atom stereocenters. The summed E-state index contributed by atoms with van der Waals surface area (Å²) in [5, 5.41) is 2.81. The topological polar surface area (TPSA) is 66.5 Å². The van der Waals surface area contributed by atoms with Crippen molar-refractivity contribution in [2.45, 2.75) is 18.2 Å². The quantitative estimate of drug-likeness (QED) is 0.760. The van der Waals surface area contributed by atoms with Crippen molar-refractivity contribution in [3.63, 3.8) is 0 Å². The molecule has 0 aliphatic heterocycles. The van der Waals surface area contributed by atoms with Crippen molar-refractivity contribution in [2.24, 2.45) is 0 Å². The lowest BCUT2D eigenvalue weighted by atomic mass is 10.1. The van der Waals surface area contributed by atoms with Crippen LogP contribution in [0, 0.1) is 6.92 Å². The average molecular weight is 372 g/mol. The Hall–Kier alpha value is -2.44. The third-order valence-corrected chi connectivity index (χ3v) is 5.87. The molecule has 2 rings (SSSR count). The van der Waals surface area contributed by atoms with Crippen LogP contribution in [0.2, 0.25) is 0 Å². The summed E-state index contributed by atoms with van der Waals surface area (Å²) >= 11 is 0. The lowest BCUT2D eigenvalue weighted by Crippen LogP contribution is -2.26. The zero-order valence-corrected chi connectivity index (χ0v) is 16.1. The van der Waals surface area contributed by atoms with Crippen molar-refractivity contribution in [1.29, 1.82) is 0 Å². The molecule has 0 aliphatic carbocycles. The number of carbonyl (C=O) groups excluding carboxylic acids is 1. The van der Waals surface area contributed by atoms with E-state index in [1.165, 1.54) is 20.2 Å². The van der Waals surface area contributed by atoms with Gasteiger partial charge in [-0.25, -0.2) is 12.7 Å². The Labute approximate surface area is 155 Å². The predicted molar refractivity (Wildman–Crippen MR) is 104 cm³/mol. The molecule has 0 heterocycles. The first kappa shape index (κ1) is 19.9. The molecule has 0 aromatic heterocycles. The van der Waals surface area contributed by atoms with Gasteiger partial charge in [0.1, 0.15) is 0 Å². The Morgan fingerprint density at radius 3 is 2.46 bits per heavy atom. The van der Waals surface area contributed by atoms with E-state index in [-0.39, 0.29) is 10.8 Å². The highest BCUT2D eigenvalue weighted by Gasteiger charge is 2.21. The zero-order valence-electron chi connectivity index (χ0n) is 15.3. The van der Waals surface area contributed by atoms with Crippen molar-refractivity contribution in [1.82, 2.24) is 9.62 Å². The maximum atomic E-state index is 12.3. The van der Waals surface area contributed by atoms with Crippen molar-refractivity contribution in [3.8, 4) is 0 Å². The maximum Gasteiger partial charge on any atom is 0.251 e. The smallest absolute Gasteiger partial charge is 0.251 e. The van der Waals surface area contributed by atoms with E-state index in [9.17, 15) is 13.2 Å². The second kappa shape index (κ2) is 8.78. The van der Waals surface area contributed by atoms with E-state index in [0.29, 0.717) is 24.1 Å². The molecule has 5 nitrogen and oxygen atoms in total. The van der Waals surface area contributed by atoms with Crippen LogP contribution in [0.25, 0.3) is 6.08 Å². The Bertz CT molecular complexity index is 889. The molecule has 0 radical (unpaired) electrons. The number of amides is 1. The molecule has 0 bridgehead atoms. The van der Waals surface area contributed by atoms with E-state index in [4.69, 9.17) is 0 Å². The number of benzene rings is 2. The Morgan fingerprint density at radius 1 is 1.12 bits per heavy atom. The number of sulfonamides is 1. The minimum atomic E-state index is -3.58. The monoisotopic (exact) mass is 372 g/mol. The van der Waals surface area contributed by atoms with Crippen LogP contribution < -0.4 is 5.32 Å². The highest BCUT2D eigenvalue weighted by molar-refractivity contribution is 7.89. The molecule has 0 spiro atoms. The van der Waals surface area contributed by atoms with Gasteiger partial charge in [-0.3, -0.25) is 4.79 Å². The van der Waals surface area contributed by atoms with Gasteiger partial charge >= 0.3 is 0 Å². The van der Waals surface area contributed by atoms with Gasteiger partial charge in [-0.2, -0.15) is 0 Å². The highest BCUT2D eigenvalue weighted by Crippen LogP contribution is 2.19. The summed E-state index contributed by atoms with van der Waals surface area (Å²) in [6.45, 7) is 2.19. The molecule has 0 atom stereocenters. The predicted octanol–water partition coefficient (Wildman–Crippen LogP) is 3.08. The molecule has 0 saturated carbocycles. The lowest BCUT2D eigenvalue weighted by molar-refractivity contribution is 0.0954. The molecular formula is C20H24N2O3S. The standard InChI is InChI=1S/C20H24N2O3S/c1-16-12-13-18(15-19(16)26(24,25)22(2)3)20(23)21-14-8-7-11-17-9-5-4-6-10-17/h4-7,9-13,15H,8,14H2,1-3H3,(H,21,23)/b11-7+. The van der Waals surface area contributed by atoms with Crippen LogP contribution in [-0.4, -0.2) is 39.3 Å². The molecule has 2 aromatic carbocycles. The molecule has 26 heavy (non-hydrogen) atoms. The van der Waals surface area contributed by atoms with Crippen molar-refractivity contribution < 1.29 is 13.2 Å². The fraction of sp³-hybridized carbons (Fsp3) is 0.250. The van der Waals surface area contributed by atoms with Crippen LogP contribution in [0.15, 0.2) is 59.5 Å². The van der Waals surface area contributed by atoms with Crippen LogP contribution in [0.3, 0.4) is 0 Å². The van der Waals surface area contributed by atoms with E-state index in [1.807, 2.05) is 42.5 Å². The summed E-state index contributed by atoms with van der Waals surface area (Å²) in [6.07, 6.45) is 4.68. The van der Waals surface area contributed by atoms with E-state index in [0.717, 1.165) is 9.87 Å². The Balaban J connectivity index is 1.99. The van der Waals surface area contributed by atoms with Gasteiger partial charge in [0, 0.05) is 26.2 Å². The van der Waals surface area contributed by atoms with Crippen molar-refractivity contribution in [2.75, 3.05) is 20.6 Å². The van der Waals surface area contributed by atoms with Gasteiger partial charge in [0.2, 0.25) is 10.0 Å². The summed E-state index contributed by atoms with van der Waals surface area (Å²) in [7, 11) is -0.636. The fourth-order valence-electron chi connectivity index (χ4n) is 2.37. The third kappa shape index (κ3) is 5.03. The molecule has 2 aromatic rings. The first-order valence-electron chi connectivity index (χ1n) is 8.35. The number of hydrogen-bond donors (Lipinski definition) is 1. The van der Waals surface area contributed by atoms with Gasteiger partial charge in [-0.05, 0) is 36.6 Å². The molecule has 0 aliphatic rings. The van der Waals surface area contributed by atoms with Crippen molar-refractivity contribution in [3.05, 3.63) is 71.3 Å². The van der Waals surface area contributed by atoms with Crippen LogP contribution >= 0.6 is 0 Å².